The second-order valence-electron chi connectivity index (χ2n) is 5.22. The number of ketones is 1. The molecule has 0 radical (unpaired) electrons. The maximum atomic E-state index is 12.4. The second kappa shape index (κ2) is 5.08. The van der Waals surface area contributed by atoms with Gasteiger partial charge in [-0.15, -0.1) is 0 Å². The van der Waals surface area contributed by atoms with E-state index in [9.17, 15) is 4.79 Å². The van der Waals surface area contributed by atoms with E-state index >= 15 is 0 Å². The first-order chi connectivity index (χ1) is 9.70. The van der Waals surface area contributed by atoms with Crippen LogP contribution < -0.4 is 4.74 Å². The Balaban J connectivity index is 2.02. The molecule has 1 aromatic carbocycles. The minimum Gasteiger partial charge on any atom is -0.496 e. The molecule has 3 nitrogen and oxygen atoms in total. The predicted molar refractivity (Wildman–Crippen MR) is 77.4 cm³/mol. The molecule has 0 amide bonds. The van der Waals surface area contributed by atoms with Crippen LogP contribution in [-0.4, -0.2) is 17.9 Å². The van der Waals surface area contributed by atoms with Gasteiger partial charge in [-0.2, -0.15) is 0 Å². The molecular formula is C17H17NO2. The van der Waals surface area contributed by atoms with Crippen LogP contribution in [-0.2, 0) is 6.42 Å². The molecule has 3 heteroatoms. The van der Waals surface area contributed by atoms with Gasteiger partial charge < -0.3 is 4.74 Å². The van der Waals surface area contributed by atoms with Crippen LogP contribution >= 0.6 is 0 Å². The largest absolute Gasteiger partial charge is 0.496 e. The van der Waals surface area contributed by atoms with Crippen LogP contribution in [0.15, 0.2) is 36.5 Å². The molecule has 1 aliphatic rings. The molecule has 102 valence electrons. The van der Waals surface area contributed by atoms with Crippen LogP contribution in [0.25, 0.3) is 0 Å². The lowest BCUT2D eigenvalue weighted by Gasteiger charge is -2.25. The van der Waals surface area contributed by atoms with Crippen molar-refractivity contribution in [3.8, 4) is 5.75 Å². The first-order valence-corrected chi connectivity index (χ1v) is 6.81. The fourth-order valence-corrected chi connectivity index (χ4v) is 3.01. The Morgan fingerprint density at radius 1 is 1.20 bits per heavy atom. The number of carbonyl (C=O) groups excluding carboxylic acids is 1. The molecule has 3 rings (SSSR count). The lowest BCUT2D eigenvalue weighted by molar-refractivity contribution is 0.0962. The van der Waals surface area contributed by atoms with Gasteiger partial charge in [0.2, 0.25) is 0 Å². The lowest BCUT2D eigenvalue weighted by Crippen LogP contribution is -2.21. The summed E-state index contributed by atoms with van der Waals surface area (Å²) in [6, 6.07) is 9.82. The molecule has 1 aliphatic carbocycles. The number of nitrogens with zero attached hydrogens (tertiary/aromatic N) is 1. The Bertz CT molecular complexity index is 664. The molecule has 0 N–H and O–H groups in total. The number of rotatable bonds is 2. The number of aryl methyl sites for hydroxylation is 1. The lowest BCUT2D eigenvalue weighted by atomic mass is 9.80. The fraction of sp³-hybridized carbons (Fsp3) is 0.294. The molecule has 0 aliphatic heterocycles. The smallest absolute Gasteiger partial charge is 0.165 e. The maximum Gasteiger partial charge on any atom is 0.165 e. The predicted octanol–water partition coefficient (Wildman–Crippen LogP) is 3.31. The third kappa shape index (κ3) is 2.09. The number of para-hydroxylation sites is 1. The minimum atomic E-state index is 0.153. The van der Waals surface area contributed by atoms with Crippen molar-refractivity contribution in [2.24, 2.45) is 0 Å². The molecule has 0 saturated carbocycles. The molecule has 1 atom stereocenters. The van der Waals surface area contributed by atoms with Crippen LogP contribution in [0.3, 0.4) is 0 Å². The van der Waals surface area contributed by atoms with Crippen molar-refractivity contribution in [3.63, 3.8) is 0 Å². The van der Waals surface area contributed by atoms with Gasteiger partial charge >= 0.3 is 0 Å². The maximum absolute atomic E-state index is 12.4. The molecular weight excluding hydrogens is 250 g/mol. The summed E-state index contributed by atoms with van der Waals surface area (Å²) in [7, 11) is 1.67. The van der Waals surface area contributed by atoms with E-state index in [4.69, 9.17) is 4.74 Å². The average molecular weight is 267 g/mol. The molecule has 20 heavy (non-hydrogen) atoms. The SMILES string of the molecule is COc1ccccc1[C@H]1CC(=O)c2c(C)ccnc2C1. The van der Waals surface area contributed by atoms with Gasteiger partial charge in [0.25, 0.3) is 0 Å². The van der Waals surface area contributed by atoms with E-state index in [1.54, 1.807) is 13.3 Å². The molecule has 0 unspecified atom stereocenters. The normalized spacial score (nSPS) is 17.7. The zero-order valence-corrected chi connectivity index (χ0v) is 11.7. The number of Topliss-reactive ketones (excluding diaryl/α,β-unsaturated/α-hetero) is 1. The summed E-state index contributed by atoms with van der Waals surface area (Å²) in [4.78, 5) is 16.8. The standard InChI is InChI=1S/C17H17NO2/c1-11-7-8-18-14-9-12(10-15(19)17(11)14)13-5-3-4-6-16(13)20-2/h3-8,12H,9-10H2,1-2H3/t12-/m1/s1. The summed E-state index contributed by atoms with van der Waals surface area (Å²) < 4.78 is 5.41. The number of carbonyl (C=O) groups is 1. The van der Waals surface area contributed by atoms with Gasteiger partial charge in [0, 0.05) is 24.1 Å². The van der Waals surface area contributed by atoms with Gasteiger partial charge in [0.05, 0.1) is 12.8 Å². The summed E-state index contributed by atoms with van der Waals surface area (Å²) >= 11 is 0. The van der Waals surface area contributed by atoms with Crippen LogP contribution in [0, 0.1) is 6.92 Å². The zero-order valence-electron chi connectivity index (χ0n) is 11.7. The van der Waals surface area contributed by atoms with Gasteiger partial charge in [-0.25, -0.2) is 0 Å². The van der Waals surface area contributed by atoms with Gasteiger partial charge in [0.15, 0.2) is 5.78 Å². The van der Waals surface area contributed by atoms with E-state index in [1.165, 1.54) is 0 Å². The average Bonchev–Trinajstić information content (AvgIpc) is 2.47. The van der Waals surface area contributed by atoms with Crippen molar-refractivity contribution in [1.29, 1.82) is 0 Å². The Morgan fingerprint density at radius 2 is 2.00 bits per heavy atom. The Labute approximate surface area is 118 Å². The van der Waals surface area contributed by atoms with Crippen molar-refractivity contribution < 1.29 is 9.53 Å². The first kappa shape index (κ1) is 12.9. The molecule has 0 bridgehead atoms. The van der Waals surface area contributed by atoms with Crippen molar-refractivity contribution in [2.75, 3.05) is 7.11 Å². The third-order valence-corrected chi connectivity index (χ3v) is 3.97. The van der Waals surface area contributed by atoms with Gasteiger partial charge in [-0.3, -0.25) is 9.78 Å². The minimum absolute atomic E-state index is 0.153. The highest BCUT2D eigenvalue weighted by Gasteiger charge is 2.29. The van der Waals surface area contributed by atoms with Crippen molar-refractivity contribution in [3.05, 3.63) is 58.9 Å². The van der Waals surface area contributed by atoms with Gasteiger partial charge in [-0.05, 0) is 36.6 Å². The highest BCUT2D eigenvalue weighted by atomic mass is 16.5. The number of hydrogen-bond donors (Lipinski definition) is 0. The van der Waals surface area contributed by atoms with Crippen LogP contribution in [0.1, 0.15) is 39.5 Å². The van der Waals surface area contributed by atoms with E-state index < -0.39 is 0 Å². The summed E-state index contributed by atoms with van der Waals surface area (Å²) in [6.45, 7) is 1.97. The topological polar surface area (TPSA) is 39.2 Å². The zero-order chi connectivity index (χ0) is 14.1. The Hall–Kier alpha value is -2.16. The van der Waals surface area contributed by atoms with E-state index in [2.05, 4.69) is 4.98 Å². The number of methoxy groups -OCH3 is 1. The van der Waals surface area contributed by atoms with E-state index in [0.29, 0.717) is 6.42 Å². The molecule has 1 heterocycles. The summed E-state index contributed by atoms with van der Waals surface area (Å²) in [5.74, 6) is 1.19. The third-order valence-electron chi connectivity index (χ3n) is 3.97. The molecule has 0 saturated heterocycles. The number of pyridine rings is 1. The second-order valence-corrected chi connectivity index (χ2v) is 5.22. The summed E-state index contributed by atoms with van der Waals surface area (Å²) in [6.07, 6.45) is 3.11. The fourth-order valence-electron chi connectivity index (χ4n) is 3.01. The van der Waals surface area contributed by atoms with E-state index in [-0.39, 0.29) is 11.7 Å². The van der Waals surface area contributed by atoms with E-state index in [1.807, 2.05) is 37.3 Å². The molecule has 0 spiro atoms. The van der Waals surface area contributed by atoms with Gasteiger partial charge in [-0.1, -0.05) is 18.2 Å². The van der Waals surface area contributed by atoms with Gasteiger partial charge in [0.1, 0.15) is 5.75 Å². The number of benzene rings is 1. The number of fused-ring (bicyclic) bond motifs is 1. The monoisotopic (exact) mass is 267 g/mol. The Morgan fingerprint density at radius 3 is 2.80 bits per heavy atom. The van der Waals surface area contributed by atoms with Crippen LogP contribution in [0.4, 0.5) is 0 Å². The Kier molecular flexibility index (Phi) is 3.26. The number of aromatic nitrogens is 1. The van der Waals surface area contributed by atoms with Crippen LogP contribution in [0.5, 0.6) is 5.75 Å². The quantitative estimate of drug-likeness (QED) is 0.838. The molecule has 2 aromatic rings. The molecule has 0 fully saturated rings. The summed E-state index contributed by atoms with van der Waals surface area (Å²) in [5, 5.41) is 0. The number of hydrogen-bond acceptors (Lipinski definition) is 3. The van der Waals surface area contributed by atoms with E-state index in [0.717, 1.165) is 34.6 Å². The highest BCUT2D eigenvalue weighted by Crippen LogP contribution is 2.36. The first-order valence-electron chi connectivity index (χ1n) is 6.81. The van der Waals surface area contributed by atoms with Crippen molar-refractivity contribution in [2.45, 2.75) is 25.7 Å². The molecule has 1 aromatic heterocycles. The van der Waals surface area contributed by atoms with Crippen LogP contribution in [0.2, 0.25) is 0 Å². The number of ether oxygens (including phenoxy) is 1. The van der Waals surface area contributed by atoms with Crippen molar-refractivity contribution >= 4 is 5.78 Å². The van der Waals surface area contributed by atoms with Crippen molar-refractivity contribution in [1.82, 2.24) is 4.98 Å². The summed E-state index contributed by atoms with van der Waals surface area (Å²) in [5.41, 5.74) is 3.85. The highest BCUT2D eigenvalue weighted by molar-refractivity contribution is 6.00.